The van der Waals surface area contributed by atoms with Gasteiger partial charge in [0, 0.05) is 39.3 Å². The number of carbonyl (C=O) groups is 3. The Kier molecular flexibility index (Phi) is 7.40. The molecule has 1 aromatic carbocycles. The lowest BCUT2D eigenvalue weighted by Crippen LogP contribution is -2.68. The number of hydrogen-bond acceptors (Lipinski definition) is 6. The smallest absolute Gasteiger partial charge is 0.313 e. The fraction of sp³-hybridized carbons (Fsp3) is 0.740. The average molecular weight is 776 g/mol. The molecule has 0 aromatic heterocycles. The maximum absolute atomic E-state index is 15.7. The van der Waals surface area contributed by atoms with Crippen LogP contribution >= 0.6 is 0 Å². The predicted octanol–water partition coefficient (Wildman–Crippen LogP) is 8.63. The molecule has 1 amide bonds. The normalized spacial score (nSPS) is 51.6. The van der Waals surface area contributed by atoms with Crippen LogP contribution < -0.4 is 0 Å². The molecule has 8 saturated carbocycles. The Bertz CT molecular complexity index is 1980. The molecular formula is C50H65NO6. The quantitative estimate of drug-likeness (QED) is 0.163. The summed E-state index contributed by atoms with van der Waals surface area (Å²) < 4.78 is 6.34. The van der Waals surface area contributed by atoms with Crippen molar-refractivity contribution in [3.05, 3.63) is 59.7 Å². The molecule has 7 heteroatoms. The number of amides is 1. The molecule has 57 heavy (non-hydrogen) atoms. The van der Waals surface area contributed by atoms with Gasteiger partial charge in [0.25, 0.3) is 5.91 Å². The molecule has 13 rings (SSSR count). The van der Waals surface area contributed by atoms with Gasteiger partial charge < -0.3 is 19.8 Å². The topological polar surface area (TPSA) is 104 Å². The van der Waals surface area contributed by atoms with E-state index in [4.69, 9.17) is 4.74 Å². The van der Waals surface area contributed by atoms with Crippen LogP contribution in [0, 0.1) is 67.5 Å². The van der Waals surface area contributed by atoms with Gasteiger partial charge in [0.2, 0.25) is 0 Å². The van der Waals surface area contributed by atoms with E-state index < -0.39 is 39.0 Å². The van der Waals surface area contributed by atoms with E-state index in [0.29, 0.717) is 37.8 Å². The van der Waals surface area contributed by atoms with Crippen LogP contribution in [0.1, 0.15) is 141 Å². The summed E-state index contributed by atoms with van der Waals surface area (Å²) >= 11 is 0. The number of hydrogen-bond donors (Lipinski definition) is 2. The van der Waals surface area contributed by atoms with E-state index >= 15 is 4.79 Å². The van der Waals surface area contributed by atoms with Crippen LogP contribution in [0.5, 0.6) is 0 Å². The van der Waals surface area contributed by atoms with Crippen molar-refractivity contribution < 1.29 is 29.3 Å². The highest BCUT2D eigenvalue weighted by Gasteiger charge is 2.78. The SMILES string of the molecule is CC1(C)[C@@]2(C)CC[C@]1(C(=O)N(CC13CC4CC(CC(C4)C1)C3)C[C@]1(O)CC[C@H]3[C@]45C=C[C@@]6(C=C4C(=O)c4ccccc4)CC(O)CC[C@]6(C)[C@H]5CC[C@@]31C)OC2=O. The van der Waals surface area contributed by atoms with Gasteiger partial charge in [-0.2, -0.15) is 0 Å². The van der Waals surface area contributed by atoms with Gasteiger partial charge in [0.1, 0.15) is 0 Å². The van der Waals surface area contributed by atoms with E-state index in [1.807, 2.05) is 37.3 Å². The zero-order valence-corrected chi connectivity index (χ0v) is 35.1. The lowest BCUT2D eigenvalue weighted by molar-refractivity contribution is -0.191. The van der Waals surface area contributed by atoms with Crippen molar-refractivity contribution in [1.82, 2.24) is 4.90 Å². The van der Waals surface area contributed by atoms with E-state index in [-0.39, 0.29) is 52.3 Å². The number of rotatable bonds is 7. The first-order valence-corrected chi connectivity index (χ1v) is 22.9. The molecule has 2 spiro atoms. The van der Waals surface area contributed by atoms with Crippen LogP contribution in [0.2, 0.25) is 0 Å². The van der Waals surface area contributed by atoms with Gasteiger partial charge in [-0.15, -0.1) is 0 Å². The zero-order chi connectivity index (χ0) is 39.8. The van der Waals surface area contributed by atoms with Gasteiger partial charge in [-0.25, -0.2) is 0 Å². The van der Waals surface area contributed by atoms with Crippen molar-refractivity contribution in [3.63, 3.8) is 0 Å². The molecule has 1 aliphatic heterocycles. The summed E-state index contributed by atoms with van der Waals surface area (Å²) in [6, 6.07) is 9.70. The molecule has 306 valence electrons. The molecule has 10 atom stereocenters. The lowest BCUT2D eigenvalue weighted by Gasteiger charge is -2.71. The van der Waals surface area contributed by atoms with Crippen molar-refractivity contribution >= 4 is 17.7 Å². The number of aliphatic hydroxyl groups excluding tert-OH is 1. The molecule has 12 aliphatic rings. The summed E-state index contributed by atoms with van der Waals surface area (Å²) in [7, 11) is 0. The lowest BCUT2D eigenvalue weighted by atomic mass is 9.32. The van der Waals surface area contributed by atoms with Gasteiger partial charge in [-0.1, -0.05) is 76.3 Å². The number of benzene rings is 1. The Morgan fingerprint density at radius 2 is 1.40 bits per heavy atom. The Labute approximate surface area is 339 Å². The second-order valence-corrected chi connectivity index (χ2v) is 23.3. The minimum atomic E-state index is -1.23. The third-order valence-corrected chi connectivity index (χ3v) is 20.9. The van der Waals surface area contributed by atoms with E-state index in [9.17, 15) is 19.8 Å². The van der Waals surface area contributed by atoms with Crippen molar-refractivity contribution in [2.75, 3.05) is 13.1 Å². The Morgan fingerprint density at radius 3 is 2.04 bits per heavy atom. The van der Waals surface area contributed by atoms with E-state index in [2.05, 4.69) is 50.8 Å². The van der Waals surface area contributed by atoms with Gasteiger partial charge in [-0.3, -0.25) is 14.4 Å². The number of Topliss-reactive ketones (excluding diaryl/α,β-unsaturated/α-hetero) is 1. The summed E-state index contributed by atoms with van der Waals surface area (Å²) in [6.45, 7) is 11.7. The van der Waals surface area contributed by atoms with E-state index in [1.54, 1.807) is 0 Å². The van der Waals surface area contributed by atoms with Crippen molar-refractivity contribution in [1.29, 1.82) is 0 Å². The Hall–Kier alpha value is -2.77. The minimum Gasteiger partial charge on any atom is -0.448 e. The summed E-state index contributed by atoms with van der Waals surface area (Å²) in [5.41, 5.74) is -3.85. The molecule has 1 unspecified atom stereocenters. The predicted molar refractivity (Wildman–Crippen MR) is 216 cm³/mol. The molecule has 1 aromatic rings. The Morgan fingerprint density at radius 1 is 0.772 bits per heavy atom. The molecule has 1 saturated heterocycles. The van der Waals surface area contributed by atoms with Gasteiger partial charge in [-0.05, 0) is 144 Å². The summed E-state index contributed by atoms with van der Waals surface area (Å²) in [5.74, 6) is 2.09. The van der Waals surface area contributed by atoms with Crippen LogP contribution in [0.4, 0.5) is 0 Å². The largest absolute Gasteiger partial charge is 0.448 e. The number of ketones is 1. The van der Waals surface area contributed by atoms with Gasteiger partial charge in [0.05, 0.1) is 23.7 Å². The number of ether oxygens (including phenoxy) is 1. The van der Waals surface area contributed by atoms with Crippen molar-refractivity contribution in [2.24, 2.45) is 67.5 Å². The number of carbonyl (C=O) groups excluding carboxylic acids is 3. The van der Waals surface area contributed by atoms with E-state index in [0.717, 1.165) is 74.7 Å². The molecule has 9 fully saturated rings. The highest BCUT2D eigenvalue weighted by molar-refractivity contribution is 6.10. The van der Waals surface area contributed by atoms with Crippen LogP contribution in [0.25, 0.3) is 0 Å². The second kappa shape index (κ2) is 11.3. The van der Waals surface area contributed by atoms with Gasteiger partial charge >= 0.3 is 5.97 Å². The highest BCUT2D eigenvalue weighted by atomic mass is 16.6. The van der Waals surface area contributed by atoms with Crippen LogP contribution in [-0.4, -0.2) is 63.2 Å². The molecule has 11 aliphatic carbocycles. The van der Waals surface area contributed by atoms with Crippen molar-refractivity contribution in [3.8, 4) is 0 Å². The third kappa shape index (κ3) is 4.35. The molecular weight excluding hydrogens is 711 g/mol. The summed E-state index contributed by atoms with van der Waals surface area (Å²) in [5, 5.41) is 24.8. The molecule has 1 heterocycles. The standard InChI is InChI=1S/C50H65NO6/c1-42(2)45(5)17-20-50(42,57-41(45)55)40(54)51(29-46-24-31-21-32(25-46)23-33(22-31)26-46)30-48(56)16-13-38-44(48,4)15-12-37-43(3)14-11-35(52)27-47(43)18-19-49(37,38)36(28-47)39(53)34-9-7-6-8-10-34/h6-10,18-19,28,31-33,35,37-38,52,56H,11-17,20-27,29-30H2,1-5H3/t31?,32?,33?,35?,37-,38-,43-,44+,45+,46?,47+,48-,49-,50-/m1/s1. The first kappa shape index (κ1) is 37.2. The molecule has 7 nitrogen and oxygen atoms in total. The van der Waals surface area contributed by atoms with Crippen molar-refractivity contribution in [2.45, 2.75) is 148 Å². The summed E-state index contributed by atoms with van der Waals surface area (Å²) in [4.78, 5) is 46.3. The van der Waals surface area contributed by atoms with E-state index in [1.165, 1.54) is 19.3 Å². The molecule has 0 radical (unpaired) electrons. The van der Waals surface area contributed by atoms with Crippen LogP contribution in [-0.2, 0) is 14.3 Å². The first-order chi connectivity index (χ1) is 26.9. The van der Waals surface area contributed by atoms with Crippen LogP contribution in [0.15, 0.2) is 54.1 Å². The van der Waals surface area contributed by atoms with Crippen LogP contribution in [0.3, 0.4) is 0 Å². The molecule has 2 N–H and O–H groups in total. The monoisotopic (exact) mass is 775 g/mol. The zero-order valence-electron chi connectivity index (χ0n) is 35.1. The summed E-state index contributed by atoms with van der Waals surface area (Å²) in [6.07, 6.45) is 20.5. The maximum atomic E-state index is 15.7. The third-order valence-electron chi connectivity index (χ3n) is 20.9. The maximum Gasteiger partial charge on any atom is 0.313 e. The minimum absolute atomic E-state index is 0.00364. The number of nitrogens with zero attached hydrogens (tertiary/aromatic N) is 1. The number of esters is 1. The van der Waals surface area contributed by atoms with Gasteiger partial charge in [0.15, 0.2) is 11.4 Å². The first-order valence-electron chi connectivity index (χ1n) is 22.9. The fourth-order valence-corrected chi connectivity index (χ4v) is 17.7. The second-order valence-electron chi connectivity index (χ2n) is 23.3. The average Bonchev–Trinajstić information content (AvgIpc) is 3.61. The number of aliphatic hydroxyl groups is 2. The fourth-order valence-electron chi connectivity index (χ4n) is 17.7. The number of fused-ring (bicyclic) bond motifs is 3. The Balaban J connectivity index is 1.00. The highest BCUT2D eigenvalue weighted by Crippen LogP contribution is 2.79. The number of allylic oxidation sites excluding steroid dienone is 4. The molecule has 8 bridgehead atoms.